The van der Waals surface area contributed by atoms with Crippen molar-refractivity contribution < 1.29 is 18.0 Å². The Morgan fingerprint density at radius 1 is 1.33 bits per heavy atom. The third-order valence-electron chi connectivity index (χ3n) is 4.65. The number of rotatable bonds is 5. The monoisotopic (exact) mass is 342 g/mol. The third-order valence-corrected chi connectivity index (χ3v) is 4.65. The fourth-order valence-corrected chi connectivity index (χ4v) is 3.26. The average molecular weight is 342 g/mol. The van der Waals surface area contributed by atoms with Crippen LogP contribution in [0.25, 0.3) is 0 Å². The highest BCUT2D eigenvalue weighted by Crippen LogP contribution is 2.31. The fraction of sp³-hybridized carbons (Fsp3) is 0.611. The maximum atomic E-state index is 12.6. The van der Waals surface area contributed by atoms with Crippen LogP contribution >= 0.6 is 0 Å². The summed E-state index contributed by atoms with van der Waals surface area (Å²) in [5.74, 6) is 0.474. The van der Waals surface area contributed by atoms with Crippen molar-refractivity contribution in [3.63, 3.8) is 0 Å². The standard InChI is InChI=1S/C18H25F3N2O/c1-13(15-5-7-16(8-6-15)18(19,20)21)10-17(24)23-9-3-4-14(12-23)11-22-2/h5-8,13-14,22H,3-4,9-12H2,1-2H3. The van der Waals surface area contributed by atoms with Gasteiger partial charge in [0.15, 0.2) is 0 Å². The van der Waals surface area contributed by atoms with Crippen LogP contribution in [0.2, 0.25) is 0 Å². The lowest BCUT2D eigenvalue weighted by Gasteiger charge is -2.33. The van der Waals surface area contributed by atoms with Crippen molar-refractivity contribution in [1.82, 2.24) is 10.2 Å². The SMILES string of the molecule is CNCC1CCCN(C(=O)CC(C)c2ccc(C(F)(F)F)cc2)C1. The topological polar surface area (TPSA) is 32.3 Å². The summed E-state index contributed by atoms with van der Waals surface area (Å²) in [5.41, 5.74) is 0.107. The molecule has 24 heavy (non-hydrogen) atoms. The van der Waals surface area contributed by atoms with Crippen LogP contribution < -0.4 is 5.32 Å². The summed E-state index contributed by atoms with van der Waals surface area (Å²) in [7, 11) is 1.91. The third kappa shape index (κ3) is 4.97. The fourth-order valence-electron chi connectivity index (χ4n) is 3.26. The van der Waals surface area contributed by atoms with Crippen molar-refractivity contribution >= 4 is 5.91 Å². The minimum atomic E-state index is -4.33. The molecule has 0 radical (unpaired) electrons. The van der Waals surface area contributed by atoms with Crippen LogP contribution in [0, 0.1) is 5.92 Å². The molecule has 2 atom stereocenters. The molecule has 1 fully saturated rings. The van der Waals surface area contributed by atoms with Crippen LogP contribution in [0.3, 0.4) is 0 Å². The lowest BCUT2D eigenvalue weighted by Crippen LogP contribution is -2.42. The molecule has 1 aliphatic heterocycles. The Labute approximate surface area is 141 Å². The minimum absolute atomic E-state index is 0.0863. The molecule has 1 aliphatic rings. The Kier molecular flexibility index (Phi) is 6.27. The van der Waals surface area contributed by atoms with Gasteiger partial charge >= 0.3 is 6.18 Å². The van der Waals surface area contributed by atoms with E-state index in [0.717, 1.165) is 50.2 Å². The molecule has 134 valence electrons. The normalized spacial score (nSPS) is 20.0. The molecule has 0 aliphatic carbocycles. The second kappa shape index (κ2) is 8.01. The van der Waals surface area contributed by atoms with E-state index in [2.05, 4.69) is 5.32 Å². The summed E-state index contributed by atoms with van der Waals surface area (Å²) >= 11 is 0. The number of alkyl halides is 3. The zero-order valence-electron chi connectivity index (χ0n) is 14.2. The van der Waals surface area contributed by atoms with Gasteiger partial charge in [-0.3, -0.25) is 4.79 Å². The number of carbonyl (C=O) groups is 1. The highest BCUT2D eigenvalue weighted by molar-refractivity contribution is 5.77. The largest absolute Gasteiger partial charge is 0.416 e. The number of nitrogens with one attached hydrogen (secondary N) is 1. The number of piperidine rings is 1. The molecule has 0 saturated carbocycles. The molecular weight excluding hydrogens is 317 g/mol. The van der Waals surface area contributed by atoms with Crippen molar-refractivity contribution in [2.24, 2.45) is 5.92 Å². The Morgan fingerprint density at radius 3 is 2.58 bits per heavy atom. The van der Waals surface area contributed by atoms with Crippen LogP contribution in [0.5, 0.6) is 0 Å². The first-order valence-corrected chi connectivity index (χ1v) is 8.40. The second-order valence-electron chi connectivity index (χ2n) is 6.63. The highest BCUT2D eigenvalue weighted by atomic mass is 19.4. The lowest BCUT2D eigenvalue weighted by atomic mass is 9.94. The molecule has 1 aromatic carbocycles. The van der Waals surface area contributed by atoms with Gasteiger partial charge in [0, 0.05) is 19.5 Å². The molecule has 2 unspecified atom stereocenters. The molecule has 3 nitrogen and oxygen atoms in total. The molecule has 0 bridgehead atoms. The van der Waals surface area contributed by atoms with Crippen molar-refractivity contribution in [3.05, 3.63) is 35.4 Å². The van der Waals surface area contributed by atoms with E-state index in [4.69, 9.17) is 0 Å². The van der Waals surface area contributed by atoms with E-state index in [-0.39, 0.29) is 11.8 Å². The maximum Gasteiger partial charge on any atom is 0.416 e. The molecule has 0 spiro atoms. The maximum absolute atomic E-state index is 12.6. The molecule has 1 N–H and O–H groups in total. The van der Waals surface area contributed by atoms with Crippen molar-refractivity contribution in [2.75, 3.05) is 26.7 Å². The number of hydrogen-bond donors (Lipinski definition) is 1. The molecule has 0 aromatic heterocycles. The number of benzene rings is 1. The zero-order chi connectivity index (χ0) is 17.7. The predicted octanol–water partition coefficient (Wildman–Crippen LogP) is 3.66. The quantitative estimate of drug-likeness (QED) is 0.886. The minimum Gasteiger partial charge on any atom is -0.342 e. The van der Waals surface area contributed by atoms with Crippen LogP contribution in [0.4, 0.5) is 13.2 Å². The Balaban J connectivity index is 1.93. The summed E-state index contributed by atoms with van der Waals surface area (Å²) in [6.07, 6.45) is -1.86. The van der Waals surface area contributed by atoms with Gasteiger partial charge in [-0.25, -0.2) is 0 Å². The van der Waals surface area contributed by atoms with Gasteiger partial charge in [0.2, 0.25) is 5.91 Å². The predicted molar refractivity (Wildman–Crippen MR) is 87.7 cm³/mol. The highest BCUT2D eigenvalue weighted by Gasteiger charge is 2.30. The molecule has 2 rings (SSSR count). The number of amides is 1. The van der Waals surface area contributed by atoms with Crippen molar-refractivity contribution in [1.29, 1.82) is 0 Å². The van der Waals surface area contributed by atoms with Gasteiger partial charge in [-0.15, -0.1) is 0 Å². The molecule has 1 saturated heterocycles. The van der Waals surface area contributed by atoms with E-state index >= 15 is 0 Å². The van der Waals surface area contributed by atoms with Gasteiger partial charge in [0.1, 0.15) is 0 Å². The van der Waals surface area contributed by atoms with Crippen LogP contribution in [-0.2, 0) is 11.0 Å². The van der Waals surface area contributed by atoms with E-state index in [9.17, 15) is 18.0 Å². The Hall–Kier alpha value is -1.56. The second-order valence-corrected chi connectivity index (χ2v) is 6.63. The summed E-state index contributed by atoms with van der Waals surface area (Å²) in [6, 6.07) is 5.11. The number of halogens is 3. The van der Waals surface area contributed by atoms with E-state index in [0.29, 0.717) is 12.3 Å². The van der Waals surface area contributed by atoms with Gasteiger partial charge in [0.25, 0.3) is 0 Å². The molecular formula is C18H25F3N2O. The summed E-state index contributed by atoms with van der Waals surface area (Å²) in [5, 5.41) is 3.15. The Bertz CT molecular complexity index is 540. The van der Waals surface area contributed by atoms with Crippen LogP contribution in [-0.4, -0.2) is 37.5 Å². The van der Waals surface area contributed by atoms with Crippen molar-refractivity contribution in [2.45, 2.75) is 38.3 Å². The number of nitrogens with zero attached hydrogens (tertiary/aromatic N) is 1. The van der Waals surface area contributed by atoms with Gasteiger partial charge < -0.3 is 10.2 Å². The smallest absolute Gasteiger partial charge is 0.342 e. The first-order chi connectivity index (χ1) is 11.3. The van der Waals surface area contributed by atoms with Gasteiger partial charge in [0.05, 0.1) is 5.56 Å². The molecule has 1 amide bonds. The average Bonchev–Trinajstić information content (AvgIpc) is 2.54. The number of carbonyl (C=O) groups excluding carboxylic acids is 1. The molecule has 1 aromatic rings. The summed E-state index contributed by atoms with van der Waals surface area (Å²) in [4.78, 5) is 14.4. The summed E-state index contributed by atoms with van der Waals surface area (Å²) < 4.78 is 37.8. The van der Waals surface area contributed by atoms with Crippen molar-refractivity contribution in [3.8, 4) is 0 Å². The van der Waals surface area contributed by atoms with Gasteiger partial charge in [-0.2, -0.15) is 13.2 Å². The van der Waals surface area contributed by atoms with E-state index in [1.807, 2.05) is 18.9 Å². The van der Waals surface area contributed by atoms with Crippen LogP contribution in [0.1, 0.15) is 43.2 Å². The lowest BCUT2D eigenvalue weighted by molar-refractivity contribution is -0.137. The molecule has 1 heterocycles. The van der Waals surface area contributed by atoms with E-state index in [1.54, 1.807) is 0 Å². The van der Waals surface area contributed by atoms with Crippen LogP contribution in [0.15, 0.2) is 24.3 Å². The van der Waals surface area contributed by atoms with E-state index in [1.165, 1.54) is 12.1 Å². The number of likely N-dealkylation sites (tertiary alicyclic amines) is 1. The first-order valence-electron chi connectivity index (χ1n) is 8.40. The Morgan fingerprint density at radius 2 is 2.00 bits per heavy atom. The summed E-state index contributed by atoms with van der Waals surface area (Å²) in [6.45, 7) is 4.33. The van der Waals surface area contributed by atoms with E-state index < -0.39 is 11.7 Å². The van der Waals surface area contributed by atoms with Gasteiger partial charge in [-0.1, -0.05) is 19.1 Å². The zero-order valence-corrected chi connectivity index (χ0v) is 14.2. The van der Waals surface area contributed by atoms with Gasteiger partial charge in [-0.05, 0) is 56.0 Å². The first kappa shape index (κ1) is 18.8. The number of hydrogen-bond acceptors (Lipinski definition) is 2. The molecule has 6 heteroatoms.